The van der Waals surface area contributed by atoms with Crippen molar-refractivity contribution in [1.82, 2.24) is 0 Å². The molecule has 3 rings (SSSR count). The lowest BCUT2D eigenvalue weighted by Gasteiger charge is -2.38. The molecule has 1 fully saturated rings. The standard InChI is InChI=1S/C23H23F3N2O3S/c24-23(25,26)21-3-1-2-8-28(21)19-7-6-16-9-15(4-5-17(16)11-19)10-18(12-27)22(31)32-14-20(30)13-29/h4-7,9-11,20-21,29-30H,1-3,8,13-14H2/b18-10+. The first kappa shape index (κ1) is 24.1. The van der Waals surface area contributed by atoms with Crippen molar-refractivity contribution in [1.29, 1.82) is 5.26 Å². The van der Waals surface area contributed by atoms with Gasteiger partial charge in [0.25, 0.3) is 0 Å². The highest BCUT2D eigenvalue weighted by atomic mass is 32.2. The van der Waals surface area contributed by atoms with Gasteiger partial charge in [0.15, 0.2) is 0 Å². The Labute approximate surface area is 188 Å². The molecule has 0 aliphatic carbocycles. The minimum absolute atomic E-state index is 0.0235. The fraction of sp³-hybridized carbons (Fsp3) is 0.391. The van der Waals surface area contributed by atoms with E-state index in [9.17, 15) is 28.3 Å². The van der Waals surface area contributed by atoms with E-state index in [0.717, 1.165) is 22.5 Å². The number of nitriles is 1. The van der Waals surface area contributed by atoms with Crippen LogP contribution in [-0.4, -0.2) is 52.6 Å². The molecule has 1 aliphatic heterocycles. The van der Waals surface area contributed by atoms with Crippen LogP contribution in [0.5, 0.6) is 0 Å². The first-order valence-corrected chi connectivity index (χ1v) is 11.2. The van der Waals surface area contributed by atoms with E-state index in [4.69, 9.17) is 5.11 Å². The number of nitrogens with zero attached hydrogens (tertiary/aromatic N) is 2. The number of piperidine rings is 1. The molecule has 0 bridgehead atoms. The topological polar surface area (TPSA) is 84.6 Å². The monoisotopic (exact) mass is 464 g/mol. The molecular weight excluding hydrogens is 441 g/mol. The quantitative estimate of drug-likeness (QED) is 0.490. The average molecular weight is 465 g/mol. The Morgan fingerprint density at radius 2 is 1.97 bits per heavy atom. The summed E-state index contributed by atoms with van der Waals surface area (Å²) in [4.78, 5) is 13.6. The van der Waals surface area contributed by atoms with Gasteiger partial charge in [-0.1, -0.05) is 30.0 Å². The number of benzene rings is 2. The SMILES string of the molecule is N#C/C(=C\c1ccc2cc(N3CCCCC3C(F)(F)F)ccc2c1)C(=O)SCC(O)CO. The van der Waals surface area contributed by atoms with E-state index >= 15 is 0 Å². The van der Waals surface area contributed by atoms with E-state index < -0.39 is 30.0 Å². The van der Waals surface area contributed by atoms with Crippen LogP contribution in [0.3, 0.4) is 0 Å². The molecule has 170 valence electrons. The van der Waals surface area contributed by atoms with Crippen LogP contribution in [-0.2, 0) is 4.79 Å². The number of rotatable bonds is 6. The third-order valence-corrected chi connectivity index (χ3v) is 6.36. The molecular formula is C23H23F3N2O3S. The second-order valence-electron chi connectivity index (χ2n) is 7.64. The molecule has 0 aromatic heterocycles. The van der Waals surface area contributed by atoms with Crippen molar-refractivity contribution in [3.8, 4) is 6.07 Å². The fourth-order valence-electron chi connectivity index (χ4n) is 3.71. The van der Waals surface area contributed by atoms with Gasteiger partial charge in [-0.25, -0.2) is 0 Å². The number of carbonyl (C=O) groups is 1. The van der Waals surface area contributed by atoms with Crippen molar-refractivity contribution < 1.29 is 28.2 Å². The number of carbonyl (C=O) groups excluding carboxylic acids is 1. The van der Waals surface area contributed by atoms with E-state index in [1.54, 1.807) is 36.4 Å². The van der Waals surface area contributed by atoms with Crippen molar-refractivity contribution in [2.45, 2.75) is 37.6 Å². The number of anilines is 1. The molecule has 0 spiro atoms. The minimum atomic E-state index is -4.28. The third-order valence-electron chi connectivity index (χ3n) is 5.33. The number of aliphatic hydroxyl groups is 2. The molecule has 32 heavy (non-hydrogen) atoms. The average Bonchev–Trinajstić information content (AvgIpc) is 2.79. The second-order valence-corrected chi connectivity index (χ2v) is 8.63. The Morgan fingerprint density at radius 1 is 1.25 bits per heavy atom. The van der Waals surface area contributed by atoms with Gasteiger partial charge in [-0.3, -0.25) is 4.79 Å². The van der Waals surface area contributed by atoms with Crippen molar-refractivity contribution in [2.24, 2.45) is 0 Å². The van der Waals surface area contributed by atoms with Crippen LogP contribution >= 0.6 is 11.8 Å². The Hall–Kier alpha value is -2.54. The Kier molecular flexibility index (Phi) is 7.82. The summed E-state index contributed by atoms with van der Waals surface area (Å²) in [7, 11) is 0. The van der Waals surface area contributed by atoms with Crippen molar-refractivity contribution >= 4 is 39.4 Å². The van der Waals surface area contributed by atoms with Gasteiger partial charge in [0.05, 0.1) is 12.7 Å². The highest BCUT2D eigenvalue weighted by Crippen LogP contribution is 2.36. The lowest BCUT2D eigenvalue weighted by Crippen LogP contribution is -2.48. The maximum atomic E-state index is 13.5. The molecule has 2 atom stereocenters. The molecule has 0 saturated carbocycles. The van der Waals surface area contributed by atoms with Crippen LogP contribution in [0.1, 0.15) is 24.8 Å². The van der Waals surface area contributed by atoms with Crippen LogP contribution in [0, 0.1) is 11.3 Å². The van der Waals surface area contributed by atoms with E-state index in [1.807, 2.05) is 6.07 Å². The number of hydrogen-bond donors (Lipinski definition) is 2. The Bertz CT molecular complexity index is 1050. The van der Waals surface area contributed by atoms with Crippen molar-refractivity contribution in [3.05, 3.63) is 47.5 Å². The van der Waals surface area contributed by atoms with Crippen molar-refractivity contribution in [3.63, 3.8) is 0 Å². The number of halogens is 3. The molecule has 2 aromatic carbocycles. The normalized spacial score (nSPS) is 18.4. The molecule has 1 heterocycles. The third kappa shape index (κ3) is 5.82. The van der Waals surface area contributed by atoms with Crippen molar-refractivity contribution in [2.75, 3.05) is 23.8 Å². The Balaban J connectivity index is 1.83. The van der Waals surface area contributed by atoms with Crippen LogP contribution in [0.25, 0.3) is 16.8 Å². The zero-order chi connectivity index (χ0) is 23.3. The smallest absolute Gasteiger partial charge is 0.394 e. The largest absolute Gasteiger partial charge is 0.408 e. The van der Waals surface area contributed by atoms with Crippen LogP contribution in [0.4, 0.5) is 18.9 Å². The van der Waals surface area contributed by atoms with E-state index in [-0.39, 0.29) is 17.7 Å². The summed E-state index contributed by atoms with van der Waals surface area (Å²) in [6.07, 6.45) is -2.54. The number of thioether (sulfide) groups is 1. The van der Waals surface area contributed by atoms with Gasteiger partial charge in [0, 0.05) is 18.0 Å². The van der Waals surface area contributed by atoms with Gasteiger partial charge in [0.1, 0.15) is 17.7 Å². The van der Waals surface area contributed by atoms with Gasteiger partial charge >= 0.3 is 6.18 Å². The van der Waals surface area contributed by atoms with E-state index in [2.05, 4.69) is 0 Å². The lowest BCUT2D eigenvalue weighted by atomic mass is 9.99. The fourth-order valence-corrected chi connectivity index (χ4v) is 4.42. The molecule has 1 saturated heterocycles. The molecule has 2 N–H and O–H groups in total. The van der Waals surface area contributed by atoms with Crippen LogP contribution in [0.2, 0.25) is 0 Å². The first-order chi connectivity index (χ1) is 15.2. The second kappa shape index (κ2) is 10.4. The zero-order valence-electron chi connectivity index (χ0n) is 17.2. The molecule has 0 radical (unpaired) electrons. The predicted molar refractivity (Wildman–Crippen MR) is 119 cm³/mol. The molecule has 9 heteroatoms. The number of aliphatic hydroxyl groups excluding tert-OH is 2. The summed E-state index contributed by atoms with van der Waals surface area (Å²) >= 11 is 0.747. The lowest BCUT2D eigenvalue weighted by molar-refractivity contribution is -0.152. The van der Waals surface area contributed by atoms with E-state index in [1.165, 1.54) is 11.0 Å². The maximum Gasteiger partial charge on any atom is 0.408 e. The van der Waals surface area contributed by atoms with E-state index in [0.29, 0.717) is 30.6 Å². The molecule has 5 nitrogen and oxygen atoms in total. The minimum Gasteiger partial charge on any atom is -0.394 e. The summed E-state index contributed by atoms with van der Waals surface area (Å²) in [6.45, 7) is -0.119. The van der Waals surface area contributed by atoms with Gasteiger partial charge in [0.2, 0.25) is 5.12 Å². The predicted octanol–water partition coefficient (Wildman–Crippen LogP) is 4.28. The summed E-state index contributed by atoms with van der Waals surface area (Å²) in [6, 6.07) is 10.7. The molecule has 1 aliphatic rings. The molecule has 0 amide bonds. The van der Waals surface area contributed by atoms with Crippen LogP contribution in [0.15, 0.2) is 42.0 Å². The number of alkyl halides is 3. The number of hydrogen-bond acceptors (Lipinski definition) is 6. The van der Waals surface area contributed by atoms with Crippen LogP contribution < -0.4 is 4.90 Å². The maximum absolute atomic E-state index is 13.5. The summed E-state index contributed by atoms with van der Waals surface area (Å²) in [5.41, 5.74) is 1.02. The van der Waals surface area contributed by atoms with Gasteiger partial charge in [-0.2, -0.15) is 18.4 Å². The number of fused-ring (bicyclic) bond motifs is 1. The van der Waals surface area contributed by atoms with Gasteiger partial charge in [-0.15, -0.1) is 0 Å². The summed E-state index contributed by atoms with van der Waals surface area (Å²) in [5, 5.41) is 28.5. The van der Waals surface area contributed by atoms with Gasteiger partial charge < -0.3 is 15.1 Å². The van der Waals surface area contributed by atoms with Gasteiger partial charge in [-0.05, 0) is 59.9 Å². The summed E-state index contributed by atoms with van der Waals surface area (Å²) < 4.78 is 40.4. The highest BCUT2D eigenvalue weighted by molar-refractivity contribution is 8.14. The Morgan fingerprint density at radius 3 is 2.66 bits per heavy atom. The molecule has 2 aromatic rings. The first-order valence-electron chi connectivity index (χ1n) is 10.2. The summed E-state index contributed by atoms with van der Waals surface area (Å²) in [5.74, 6) is -0.0235. The molecule has 2 unspecified atom stereocenters. The highest BCUT2D eigenvalue weighted by Gasteiger charge is 2.44. The zero-order valence-corrected chi connectivity index (χ0v) is 18.0.